The van der Waals surface area contributed by atoms with Crippen molar-refractivity contribution in [3.63, 3.8) is 0 Å². The minimum Gasteiger partial charge on any atom is -0.611 e. The van der Waals surface area contributed by atoms with Crippen LogP contribution in [0.5, 0.6) is 0 Å². The van der Waals surface area contributed by atoms with E-state index in [1.54, 1.807) is 24.8 Å². The molecule has 1 aliphatic rings. The average molecular weight is 450 g/mol. The van der Waals surface area contributed by atoms with Gasteiger partial charge in [0, 0.05) is 47.8 Å². The SMILES string of the molecule is Cn1nccc1-c1cc(-c2cnc3cnccn23)nc2sc([S+]([O-])C3CCC3)c(N)c12. The molecule has 8 nitrogen and oxygen atoms in total. The van der Waals surface area contributed by atoms with Gasteiger partial charge in [-0.2, -0.15) is 5.10 Å². The van der Waals surface area contributed by atoms with Gasteiger partial charge in [-0.3, -0.25) is 14.1 Å². The maximum absolute atomic E-state index is 13.1. The molecule has 1 unspecified atom stereocenters. The van der Waals surface area contributed by atoms with Crippen LogP contribution in [-0.4, -0.2) is 38.9 Å². The van der Waals surface area contributed by atoms with Crippen molar-refractivity contribution in [2.75, 3.05) is 5.73 Å². The Bertz CT molecular complexity index is 1430. The lowest BCUT2D eigenvalue weighted by molar-refractivity contribution is 0.478. The van der Waals surface area contributed by atoms with Crippen LogP contribution in [0.1, 0.15) is 19.3 Å². The fourth-order valence-electron chi connectivity index (χ4n) is 3.99. The lowest BCUT2D eigenvalue weighted by atomic mass is 10.0. The summed E-state index contributed by atoms with van der Waals surface area (Å²) >= 11 is 0.329. The number of aryl methyl sites for hydroxylation is 1. The number of hydrogen-bond donors (Lipinski definition) is 1. The van der Waals surface area contributed by atoms with E-state index in [9.17, 15) is 4.55 Å². The maximum atomic E-state index is 13.1. The van der Waals surface area contributed by atoms with Crippen molar-refractivity contribution in [2.24, 2.45) is 7.05 Å². The van der Waals surface area contributed by atoms with E-state index in [0.29, 0.717) is 5.69 Å². The van der Waals surface area contributed by atoms with Crippen molar-refractivity contribution < 1.29 is 4.55 Å². The Morgan fingerprint density at radius 1 is 1.23 bits per heavy atom. The molecule has 156 valence electrons. The Balaban J connectivity index is 1.62. The molecule has 1 aliphatic carbocycles. The summed E-state index contributed by atoms with van der Waals surface area (Å²) < 4.78 is 17.7. The summed E-state index contributed by atoms with van der Waals surface area (Å²) in [6.45, 7) is 0. The quantitative estimate of drug-likeness (QED) is 0.419. The van der Waals surface area contributed by atoms with Crippen LogP contribution in [0.3, 0.4) is 0 Å². The Kier molecular flexibility index (Phi) is 4.27. The molecule has 0 aromatic carbocycles. The highest BCUT2D eigenvalue weighted by molar-refractivity contribution is 7.94. The zero-order valence-corrected chi connectivity index (χ0v) is 18.4. The number of thiophene rings is 1. The molecule has 0 saturated heterocycles. The number of rotatable bonds is 4. The number of hydrogen-bond acceptors (Lipinski definition) is 7. The number of nitrogen functional groups attached to an aromatic ring is 1. The fourth-order valence-corrected chi connectivity index (χ4v) is 7.20. The highest BCUT2D eigenvalue weighted by Gasteiger charge is 2.35. The predicted molar refractivity (Wildman–Crippen MR) is 122 cm³/mol. The fraction of sp³-hybridized carbons (Fsp3) is 0.238. The van der Waals surface area contributed by atoms with Gasteiger partial charge in [-0.1, -0.05) is 11.3 Å². The van der Waals surface area contributed by atoms with Crippen LogP contribution in [0.15, 0.2) is 47.3 Å². The van der Waals surface area contributed by atoms with Crippen molar-refractivity contribution in [1.29, 1.82) is 0 Å². The molecule has 2 N–H and O–H groups in total. The molecule has 0 spiro atoms. The van der Waals surface area contributed by atoms with Crippen LogP contribution in [0.2, 0.25) is 0 Å². The highest BCUT2D eigenvalue weighted by atomic mass is 32.2. The molecular formula is C21H19N7OS2. The molecule has 0 amide bonds. The normalized spacial score (nSPS) is 15.5. The standard InChI is InChI=1S/C21H19N7OS2/c1-27-15(5-6-25-27)13-9-14(16-10-24-17-11-23-7-8-28(16)17)26-20-18(13)19(22)21(30-20)31(29)12-3-2-4-12/h5-12H,2-4,22H2,1H3. The number of nitrogens with two attached hydrogens (primary N) is 1. The van der Waals surface area contributed by atoms with E-state index in [2.05, 4.69) is 15.1 Å². The molecule has 1 atom stereocenters. The number of fused-ring (bicyclic) bond motifs is 2. The first-order chi connectivity index (χ1) is 15.1. The molecule has 1 saturated carbocycles. The van der Waals surface area contributed by atoms with E-state index in [4.69, 9.17) is 10.7 Å². The second-order valence-corrected chi connectivity index (χ2v) is 10.6. The van der Waals surface area contributed by atoms with Gasteiger partial charge in [0.15, 0.2) is 5.65 Å². The Morgan fingerprint density at radius 3 is 2.84 bits per heavy atom. The summed E-state index contributed by atoms with van der Waals surface area (Å²) in [6, 6.07) is 3.97. The number of aromatic nitrogens is 6. The third kappa shape index (κ3) is 2.86. The molecular weight excluding hydrogens is 430 g/mol. The summed E-state index contributed by atoms with van der Waals surface area (Å²) in [5.41, 5.74) is 11.4. The lowest BCUT2D eigenvalue weighted by Gasteiger charge is -2.27. The lowest BCUT2D eigenvalue weighted by Crippen LogP contribution is -2.28. The highest BCUT2D eigenvalue weighted by Crippen LogP contribution is 2.45. The van der Waals surface area contributed by atoms with Crippen LogP contribution < -0.4 is 5.73 Å². The van der Waals surface area contributed by atoms with Gasteiger partial charge in [0.1, 0.15) is 15.8 Å². The number of anilines is 1. The molecule has 5 heterocycles. The van der Waals surface area contributed by atoms with E-state index in [1.807, 2.05) is 34.5 Å². The Labute approximate surface area is 185 Å². The van der Waals surface area contributed by atoms with Crippen molar-refractivity contribution >= 4 is 44.1 Å². The van der Waals surface area contributed by atoms with Gasteiger partial charge in [0.25, 0.3) is 0 Å². The molecule has 5 aromatic rings. The van der Waals surface area contributed by atoms with Crippen molar-refractivity contribution in [2.45, 2.75) is 28.7 Å². The van der Waals surface area contributed by atoms with Crippen LogP contribution in [0, 0.1) is 0 Å². The molecule has 5 aromatic heterocycles. The van der Waals surface area contributed by atoms with Crippen molar-refractivity contribution in [3.8, 4) is 22.6 Å². The van der Waals surface area contributed by atoms with Gasteiger partial charge < -0.3 is 10.3 Å². The summed E-state index contributed by atoms with van der Waals surface area (Å²) in [6.07, 6.45) is 12.0. The third-order valence-electron chi connectivity index (χ3n) is 5.88. The Morgan fingerprint density at radius 2 is 2.10 bits per heavy atom. The second kappa shape index (κ2) is 7.04. The molecule has 10 heteroatoms. The summed E-state index contributed by atoms with van der Waals surface area (Å²) in [5.74, 6) is 0. The zero-order chi connectivity index (χ0) is 21.1. The number of pyridine rings is 1. The van der Waals surface area contributed by atoms with Gasteiger partial charge in [0.05, 0.1) is 29.5 Å². The average Bonchev–Trinajstić information content (AvgIpc) is 3.43. The largest absolute Gasteiger partial charge is 0.611 e. The van der Waals surface area contributed by atoms with Crippen molar-refractivity contribution in [1.82, 2.24) is 29.1 Å². The molecule has 0 aliphatic heterocycles. The van der Waals surface area contributed by atoms with E-state index in [-0.39, 0.29) is 5.25 Å². The molecule has 0 bridgehead atoms. The summed E-state index contributed by atoms with van der Waals surface area (Å²) in [4.78, 5) is 14.3. The van der Waals surface area contributed by atoms with Crippen LogP contribution in [-0.2, 0) is 18.2 Å². The van der Waals surface area contributed by atoms with E-state index in [0.717, 1.165) is 62.0 Å². The van der Waals surface area contributed by atoms with Gasteiger partial charge in [-0.25, -0.2) is 9.97 Å². The van der Waals surface area contributed by atoms with Crippen LogP contribution in [0.4, 0.5) is 5.69 Å². The maximum Gasteiger partial charge on any atom is 0.232 e. The summed E-state index contributed by atoms with van der Waals surface area (Å²) in [5, 5.41) is 5.38. The van der Waals surface area contributed by atoms with E-state index in [1.165, 1.54) is 11.3 Å². The first-order valence-electron chi connectivity index (χ1n) is 10.0. The first-order valence-corrected chi connectivity index (χ1v) is 12.0. The minimum absolute atomic E-state index is 0.196. The van der Waals surface area contributed by atoms with Gasteiger partial charge >= 0.3 is 0 Å². The van der Waals surface area contributed by atoms with Crippen molar-refractivity contribution in [3.05, 3.63) is 43.1 Å². The smallest absolute Gasteiger partial charge is 0.232 e. The molecule has 31 heavy (non-hydrogen) atoms. The van der Waals surface area contributed by atoms with E-state index < -0.39 is 11.2 Å². The zero-order valence-electron chi connectivity index (χ0n) is 16.7. The van der Waals surface area contributed by atoms with E-state index >= 15 is 0 Å². The molecule has 0 radical (unpaired) electrons. The number of nitrogens with zero attached hydrogens (tertiary/aromatic N) is 6. The first kappa shape index (κ1) is 18.8. The van der Waals surface area contributed by atoms with Gasteiger partial charge in [0.2, 0.25) is 4.21 Å². The monoisotopic (exact) mass is 449 g/mol. The third-order valence-corrected chi connectivity index (χ3v) is 9.18. The second-order valence-electron chi connectivity index (χ2n) is 7.68. The van der Waals surface area contributed by atoms with Crippen LogP contribution >= 0.6 is 11.3 Å². The van der Waals surface area contributed by atoms with Crippen LogP contribution in [0.25, 0.3) is 38.5 Å². The summed E-state index contributed by atoms with van der Waals surface area (Å²) in [7, 11) is 1.90. The predicted octanol–water partition coefficient (Wildman–Crippen LogP) is 3.65. The molecule has 1 fully saturated rings. The molecule has 6 rings (SSSR count). The number of imidazole rings is 1. The topological polar surface area (TPSA) is 110 Å². The van der Waals surface area contributed by atoms with Gasteiger partial charge in [-0.05, 0) is 31.4 Å². The van der Waals surface area contributed by atoms with Gasteiger partial charge in [-0.15, -0.1) is 0 Å². The Hall–Kier alpha value is -2.95. The minimum atomic E-state index is -1.11.